The zero-order valence-electron chi connectivity index (χ0n) is 10.1. The molecule has 3 heteroatoms. The summed E-state index contributed by atoms with van der Waals surface area (Å²) < 4.78 is 0. The van der Waals surface area contributed by atoms with Gasteiger partial charge in [0.05, 0.1) is 5.92 Å². The molecule has 0 bridgehead atoms. The molecule has 0 aromatic carbocycles. The van der Waals surface area contributed by atoms with Gasteiger partial charge in [-0.2, -0.15) is 0 Å². The van der Waals surface area contributed by atoms with E-state index in [2.05, 4.69) is 18.7 Å². The van der Waals surface area contributed by atoms with Crippen molar-refractivity contribution in [3.63, 3.8) is 0 Å². The number of hydrogen-bond donors (Lipinski definition) is 1. The third-order valence-corrected chi connectivity index (χ3v) is 3.63. The van der Waals surface area contributed by atoms with Crippen LogP contribution in [0.1, 0.15) is 34.1 Å². The van der Waals surface area contributed by atoms with Crippen molar-refractivity contribution in [2.75, 3.05) is 13.1 Å². The van der Waals surface area contributed by atoms with Gasteiger partial charge in [-0.15, -0.1) is 0 Å². The molecule has 0 spiro atoms. The van der Waals surface area contributed by atoms with E-state index < -0.39 is 5.97 Å². The highest BCUT2D eigenvalue weighted by molar-refractivity contribution is 5.70. The molecule has 0 saturated carbocycles. The van der Waals surface area contributed by atoms with Crippen LogP contribution in [0.4, 0.5) is 0 Å². The average Bonchev–Trinajstić information content (AvgIpc) is 2.19. The van der Waals surface area contributed by atoms with E-state index in [0.29, 0.717) is 0 Å². The molecule has 1 N–H and O–H groups in total. The predicted octanol–water partition coefficient (Wildman–Crippen LogP) is 2.14. The molecule has 0 saturated heterocycles. The van der Waals surface area contributed by atoms with Gasteiger partial charge in [-0.25, -0.2) is 0 Å². The molecule has 1 heterocycles. The number of hydrogen-bond acceptors (Lipinski definition) is 2. The summed E-state index contributed by atoms with van der Waals surface area (Å²) in [6.45, 7) is 10.0. The van der Waals surface area contributed by atoms with Gasteiger partial charge in [0, 0.05) is 19.1 Å². The highest BCUT2D eigenvalue weighted by Gasteiger charge is 2.26. The second-order valence-electron chi connectivity index (χ2n) is 4.65. The minimum absolute atomic E-state index is 0.116. The van der Waals surface area contributed by atoms with Gasteiger partial charge in [-0.05, 0) is 27.2 Å². The van der Waals surface area contributed by atoms with Crippen LogP contribution >= 0.6 is 0 Å². The summed E-state index contributed by atoms with van der Waals surface area (Å²) in [6, 6.07) is 0.116. The summed E-state index contributed by atoms with van der Waals surface area (Å²) in [5.41, 5.74) is 2.85. The molecule has 1 rings (SSSR count). The van der Waals surface area contributed by atoms with Crippen LogP contribution in [-0.2, 0) is 4.79 Å². The van der Waals surface area contributed by atoms with E-state index in [1.165, 1.54) is 11.1 Å². The lowest BCUT2D eigenvalue weighted by molar-refractivity contribution is -0.143. The van der Waals surface area contributed by atoms with Crippen molar-refractivity contribution >= 4 is 5.97 Å². The summed E-state index contributed by atoms with van der Waals surface area (Å²) in [5.74, 6) is -0.998. The van der Waals surface area contributed by atoms with Crippen LogP contribution in [0.15, 0.2) is 11.1 Å². The van der Waals surface area contributed by atoms with E-state index in [4.69, 9.17) is 5.11 Å². The van der Waals surface area contributed by atoms with Crippen molar-refractivity contribution < 1.29 is 9.90 Å². The molecular weight excluding hydrogens is 190 g/mol. The van der Waals surface area contributed by atoms with Gasteiger partial charge in [-0.3, -0.25) is 9.69 Å². The SMILES string of the molecule is CC1=C(C)CN(C(C)C(C)C(=O)O)CC1. The van der Waals surface area contributed by atoms with Crippen molar-refractivity contribution in [2.45, 2.75) is 40.2 Å². The molecule has 0 amide bonds. The molecule has 0 aromatic heterocycles. The molecule has 3 nitrogen and oxygen atoms in total. The number of carbonyl (C=O) groups is 1. The number of nitrogens with zero attached hydrogens (tertiary/aromatic N) is 1. The predicted molar refractivity (Wildman–Crippen MR) is 60.8 cm³/mol. The Labute approximate surface area is 91.8 Å². The van der Waals surface area contributed by atoms with Gasteiger partial charge in [0.1, 0.15) is 0 Å². The fourth-order valence-corrected chi connectivity index (χ4v) is 1.91. The standard InChI is InChI=1S/C12H21NO2/c1-8-5-6-13(7-9(8)2)11(4)10(3)12(14)15/h10-11H,5-7H2,1-4H3,(H,14,15). The van der Waals surface area contributed by atoms with E-state index in [-0.39, 0.29) is 12.0 Å². The average molecular weight is 211 g/mol. The lowest BCUT2D eigenvalue weighted by atomic mass is 9.97. The molecular formula is C12H21NO2. The van der Waals surface area contributed by atoms with Gasteiger partial charge in [0.25, 0.3) is 0 Å². The Hall–Kier alpha value is -0.830. The minimum atomic E-state index is -0.702. The van der Waals surface area contributed by atoms with Crippen molar-refractivity contribution in [3.05, 3.63) is 11.1 Å². The Kier molecular flexibility index (Phi) is 3.91. The number of rotatable bonds is 3. The molecule has 2 unspecified atom stereocenters. The molecule has 0 aromatic rings. The fraction of sp³-hybridized carbons (Fsp3) is 0.750. The second-order valence-corrected chi connectivity index (χ2v) is 4.65. The highest BCUT2D eigenvalue weighted by atomic mass is 16.4. The number of carboxylic acid groups (broad SMARTS) is 1. The first kappa shape index (κ1) is 12.2. The molecule has 15 heavy (non-hydrogen) atoms. The van der Waals surface area contributed by atoms with Crippen molar-refractivity contribution in [1.29, 1.82) is 0 Å². The van der Waals surface area contributed by atoms with Crippen molar-refractivity contribution in [2.24, 2.45) is 5.92 Å². The molecule has 0 radical (unpaired) electrons. The van der Waals surface area contributed by atoms with Crippen molar-refractivity contribution in [3.8, 4) is 0 Å². The monoisotopic (exact) mass is 211 g/mol. The van der Waals surface area contributed by atoms with Crippen LogP contribution in [0, 0.1) is 5.92 Å². The molecule has 86 valence electrons. The normalized spacial score (nSPS) is 22.7. The maximum absolute atomic E-state index is 10.9. The first-order valence-corrected chi connectivity index (χ1v) is 5.55. The van der Waals surface area contributed by atoms with Crippen LogP contribution in [0.2, 0.25) is 0 Å². The summed E-state index contributed by atoms with van der Waals surface area (Å²) >= 11 is 0. The Morgan fingerprint density at radius 3 is 2.40 bits per heavy atom. The number of carboxylic acids is 1. The quantitative estimate of drug-likeness (QED) is 0.727. The molecule has 2 atom stereocenters. The van der Waals surface area contributed by atoms with Gasteiger partial charge < -0.3 is 5.11 Å². The maximum atomic E-state index is 10.9. The number of aliphatic carboxylic acids is 1. The summed E-state index contributed by atoms with van der Waals surface area (Å²) in [5, 5.41) is 8.96. The first-order valence-electron chi connectivity index (χ1n) is 5.55. The van der Waals surface area contributed by atoms with Gasteiger partial charge in [0.2, 0.25) is 0 Å². The van der Waals surface area contributed by atoms with E-state index in [1.54, 1.807) is 6.92 Å². The minimum Gasteiger partial charge on any atom is -0.481 e. The summed E-state index contributed by atoms with van der Waals surface area (Å²) in [7, 11) is 0. The van der Waals surface area contributed by atoms with Crippen molar-refractivity contribution in [1.82, 2.24) is 4.90 Å². The second kappa shape index (κ2) is 4.79. The van der Waals surface area contributed by atoms with Gasteiger partial charge in [-0.1, -0.05) is 18.1 Å². The largest absolute Gasteiger partial charge is 0.481 e. The fourth-order valence-electron chi connectivity index (χ4n) is 1.91. The lowest BCUT2D eigenvalue weighted by Crippen LogP contribution is -2.43. The summed E-state index contributed by atoms with van der Waals surface area (Å²) in [4.78, 5) is 13.2. The zero-order chi connectivity index (χ0) is 11.6. The van der Waals surface area contributed by atoms with Gasteiger partial charge >= 0.3 is 5.97 Å². The first-order chi connectivity index (χ1) is 6.93. The highest BCUT2D eigenvalue weighted by Crippen LogP contribution is 2.21. The van der Waals surface area contributed by atoms with Crippen LogP contribution in [0.3, 0.4) is 0 Å². The van der Waals surface area contributed by atoms with Crippen LogP contribution in [-0.4, -0.2) is 35.1 Å². The third kappa shape index (κ3) is 2.81. The Balaban J connectivity index is 2.64. The summed E-state index contributed by atoms with van der Waals surface area (Å²) in [6.07, 6.45) is 1.07. The molecule has 0 fully saturated rings. The van der Waals surface area contributed by atoms with Crippen LogP contribution in [0.5, 0.6) is 0 Å². The molecule has 0 aliphatic carbocycles. The van der Waals surface area contributed by atoms with E-state index in [0.717, 1.165) is 19.5 Å². The Bertz CT molecular complexity index is 283. The van der Waals surface area contributed by atoms with Gasteiger partial charge in [0.15, 0.2) is 0 Å². The zero-order valence-corrected chi connectivity index (χ0v) is 10.1. The Morgan fingerprint density at radius 2 is 1.93 bits per heavy atom. The van der Waals surface area contributed by atoms with E-state index >= 15 is 0 Å². The smallest absolute Gasteiger partial charge is 0.307 e. The van der Waals surface area contributed by atoms with E-state index in [1.807, 2.05) is 6.92 Å². The molecule has 1 aliphatic rings. The van der Waals surface area contributed by atoms with Crippen LogP contribution < -0.4 is 0 Å². The third-order valence-electron chi connectivity index (χ3n) is 3.63. The molecule has 1 aliphatic heterocycles. The topological polar surface area (TPSA) is 40.5 Å². The lowest BCUT2D eigenvalue weighted by Gasteiger charge is -2.35. The van der Waals surface area contributed by atoms with E-state index in [9.17, 15) is 4.79 Å². The van der Waals surface area contributed by atoms with Crippen LogP contribution in [0.25, 0.3) is 0 Å². The Morgan fingerprint density at radius 1 is 1.33 bits per heavy atom. The maximum Gasteiger partial charge on any atom is 0.307 e.